The number of hydrogen-bond donors (Lipinski definition) is 1. The first-order valence-electron chi connectivity index (χ1n) is 4.55. The van der Waals surface area contributed by atoms with Crippen LogP contribution in [0.25, 0.3) is 10.4 Å². The van der Waals surface area contributed by atoms with Crippen molar-refractivity contribution >= 4 is 11.9 Å². The van der Waals surface area contributed by atoms with Crippen LogP contribution in [0.4, 0.5) is 0 Å². The van der Waals surface area contributed by atoms with E-state index in [1.165, 1.54) is 25.3 Å². The van der Waals surface area contributed by atoms with Crippen LogP contribution in [-0.4, -0.2) is 24.2 Å². The number of rotatable bonds is 4. The minimum atomic E-state index is -1.15. The van der Waals surface area contributed by atoms with E-state index < -0.39 is 11.9 Å². The standard InChI is InChI=1S/C10H9N3O4/c1-17-10(16)8-4-6(9(14)15)2-3-7(8)5-12-13-11/h2-4H,5H2,1H3,(H,14,15). The van der Waals surface area contributed by atoms with Crippen LogP contribution in [-0.2, 0) is 11.3 Å². The molecule has 0 saturated carbocycles. The van der Waals surface area contributed by atoms with Gasteiger partial charge in [0.15, 0.2) is 0 Å². The van der Waals surface area contributed by atoms with E-state index in [0.717, 1.165) is 0 Å². The Kier molecular flexibility index (Phi) is 4.08. The van der Waals surface area contributed by atoms with E-state index >= 15 is 0 Å². The van der Waals surface area contributed by atoms with Crippen LogP contribution in [0.3, 0.4) is 0 Å². The highest BCUT2D eigenvalue weighted by molar-refractivity contribution is 5.95. The lowest BCUT2D eigenvalue weighted by molar-refractivity contribution is 0.0599. The zero-order valence-electron chi connectivity index (χ0n) is 8.95. The largest absolute Gasteiger partial charge is 0.478 e. The molecule has 7 nitrogen and oxygen atoms in total. The number of carboxylic acid groups (broad SMARTS) is 1. The topological polar surface area (TPSA) is 112 Å². The van der Waals surface area contributed by atoms with Crippen LogP contribution < -0.4 is 0 Å². The summed E-state index contributed by atoms with van der Waals surface area (Å²) in [6.45, 7) is -0.0408. The lowest BCUT2D eigenvalue weighted by Gasteiger charge is -2.06. The monoisotopic (exact) mass is 235 g/mol. The second-order valence-electron chi connectivity index (χ2n) is 3.06. The van der Waals surface area contributed by atoms with Crippen LogP contribution in [0.5, 0.6) is 0 Å². The molecule has 0 amide bonds. The van der Waals surface area contributed by atoms with Gasteiger partial charge in [0.2, 0.25) is 0 Å². The second-order valence-corrected chi connectivity index (χ2v) is 3.06. The Balaban J connectivity index is 3.25. The highest BCUT2D eigenvalue weighted by Gasteiger charge is 2.14. The van der Waals surface area contributed by atoms with E-state index in [9.17, 15) is 9.59 Å². The Morgan fingerprint density at radius 1 is 1.53 bits per heavy atom. The van der Waals surface area contributed by atoms with Gasteiger partial charge in [0.25, 0.3) is 0 Å². The van der Waals surface area contributed by atoms with Gasteiger partial charge in [0, 0.05) is 4.91 Å². The Morgan fingerprint density at radius 3 is 2.76 bits per heavy atom. The molecule has 7 heteroatoms. The van der Waals surface area contributed by atoms with Gasteiger partial charge in [-0.3, -0.25) is 0 Å². The molecule has 0 fully saturated rings. The van der Waals surface area contributed by atoms with E-state index in [0.29, 0.717) is 5.56 Å². The molecule has 0 aliphatic heterocycles. The van der Waals surface area contributed by atoms with E-state index in [1.807, 2.05) is 0 Å². The summed E-state index contributed by atoms with van der Waals surface area (Å²) in [4.78, 5) is 24.7. The van der Waals surface area contributed by atoms with Crippen molar-refractivity contribution < 1.29 is 19.4 Å². The molecule has 0 spiro atoms. The summed E-state index contributed by atoms with van der Waals surface area (Å²) in [6.07, 6.45) is 0. The third kappa shape index (κ3) is 2.96. The molecule has 88 valence electrons. The predicted octanol–water partition coefficient (Wildman–Crippen LogP) is 1.98. The minimum absolute atomic E-state index is 0.0323. The van der Waals surface area contributed by atoms with Gasteiger partial charge in [-0.15, -0.1) is 0 Å². The van der Waals surface area contributed by atoms with Crippen molar-refractivity contribution in [1.82, 2.24) is 0 Å². The number of methoxy groups -OCH3 is 1. The van der Waals surface area contributed by atoms with Gasteiger partial charge >= 0.3 is 11.9 Å². The van der Waals surface area contributed by atoms with E-state index in [2.05, 4.69) is 14.8 Å². The van der Waals surface area contributed by atoms with Crippen LogP contribution in [0.1, 0.15) is 26.3 Å². The molecule has 1 aromatic rings. The molecule has 0 heterocycles. The molecule has 0 atom stereocenters. The summed E-state index contributed by atoms with van der Waals surface area (Å²) in [5.41, 5.74) is 8.67. The van der Waals surface area contributed by atoms with Crippen LogP contribution in [0.15, 0.2) is 23.3 Å². The van der Waals surface area contributed by atoms with Gasteiger partial charge in [-0.25, -0.2) is 9.59 Å². The van der Waals surface area contributed by atoms with E-state index in [-0.39, 0.29) is 17.7 Å². The first kappa shape index (κ1) is 12.5. The van der Waals surface area contributed by atoms with Crippen molar-refractivity contribution in [2.24, 2.45) is 5.11 Å². The van der Waals surface area contributed by atoms with E-state index in [1.54, 1.807) is 0 Å². The fraction of sp³-hybridized carbons (Fsp3) is 0.200. The number of carboxylic acids is 1. The summed E-state index contributed by atoms with van der Waals surface area (Å²) >= 11 is 0. The SMILES string of the molecule is COC(=O)c1cc(C(=O)O)ccc1CN=[N+]=[N-]. The molecule has 0 aromatic heterocycles. The summed E-state index contributed by atoms with van der Waals surface area (Å²) in [5.74, 6) is -1.82. The van der Waals surface area contributed by atoms with Crippen molar-refractivity contribution in [3.05, 3.63) is 45.3 Å². The molecule has 0 saturated heterocycles. The van der Waals surface area contributed by atoms with Gasteiger partial charge in [-0.05, 0) is 23.2 Å². The number of hydrogen-bond acceptors (Lipinski definition) is 4. The maximum Gasteiger partial charge on any atom is 0.338 e. The number of esters is 1. The van der Waals surface area contributed by atoms with Gasteiger partial charge < -0.3 is 9.84 Å². The quantitative estimate of drug-likeness (QED) is 0.372. The fourth-order valence-electron chi connectivity index (χ4n) is 1.26. The summed E-state index contributed by atoms with van der Waals surface area (Å²) in [6, 6.07) is 3.94. The van der Waals surface area contributed by atoms with Crippen molar-refractivity contribution in [2.75, 3.05) is 7.11 Å². The normalized spacial score (nSPS) is 9.24. The number of azide groups is 1. The highest BCUT2D eigenvalue weighted by Crippen LogP contribution is 2.15. The molecule has 1 N–H and O–H groups in total. The Labute approximate surface area is 96.3 Å². The second kappa shape index (κ2) is 5.53. The minimum Gasteiger partial charge on any atom is -0.478 e. The summed E-state index contributed by atoms with van der Waals surface area (Å²) in [7, 11) is 1.19. The number of carbonyl (C=O) groups excluding carboxylic acids is 1. The zero-order chi connectivity index (χ0) is 12.8. The first-order valence-corrected chi connectivity index (χ1v) is 4.55. The van der Waals surface area contributed by atoms with Crippen molar-refractivity contribution in [1.29, 1.82) is 0 Å². The Bertz CT molecular complexity index is 506. The molecule has 17 heavy (non-hydrogen) atoms. The van der Waals surface area contributed by atoms with Gasteiger partial charge in [-0.2, -0.15) is 0 Å². The molecular weight excluding hydrogens is 226 g/mol. The average molecular weight is 235 g/mol. The smallest absolute Gasteiger partial charge is 0.338 e. The molecular formula is C10H9N3O4. The van der Waals surface area contributed by atoms with Gasteiger partial charge in [0.05, 0.1) is 24.8 Å². The fourth-order valence-corrected chi connectivity index (χ4v) is 1.26. The Hall–Kier alpha value is -2.53. The molecule has 0 aliphatic rings. The number of benzene rings is 1. The molecule has 0 radical (unpaired) electrons. The van der Waals surface area contributed by atoms with Crippen molar-refractivity contribution in [2.45, 2.75) is 6.54 Å². The lowest BCUT2D eigenvalue weighted by Crippen LogP contribution is -2.08. The third-order valence-corrected chi connectivity index (χ3v) is 2.07. The molecule has 1 aromatic carbocycles. The number of nitrogens with zero attached hydrogens (tertiary/aromatic N) is 3. The molecule has 0 unspecified atom stereocenters. The van der Waals surface area contributed by atoms with Crippen LogP contribution in [0.2, 0.25) is 0 Å². The number of carbonyl (C=O) groups is 2. The van der Waals surface area contributed by atoms with Crippen LogP contribution in [0, 0.1) is 0 Å². The zero-order valence-corrected chi connectivity index (χ0v) is 8.95. The predicted molar refractivity (Wildman–Crippen MR) is 57.6 cm³/mol. The lowest BCUT2D eigenvalue weighted by atomic mass is 10.0. The summed E-state index contributed by atoms with van der Waals surface area (Å²) in [5, 5.41) is 12.1. The van der Waals surface area contributed by atoms with E-state index in [4.69, 9.17) is 10.6 Å². The maximum atomic E-state index is 11.4. The molecule has 0 bridgehead atoms. The number of ether oxygens (including phenoxy) is 1. The highest BCUT2D eigenvalue weighted by atomic mass is 16.5. The van der Waals surface area contributed by atoms with Gasteiger partial charge in [0.1, 0.15) is 0 Å². The maximum absolute atomic E-state index is 11.4. The first-order chi connectivity index (χ1) is 8.10. The van der Waals surface area contributed by atoms with Gasteiger partial charge in [-0.1, -0.05) is 11.2 Å². The molecule has 1 rings (SSSR count). The number of aromatic carboxylic acids is 1. The van der Waals surface area contributed by atoms with Crippen molar-refractivity contribution in [3.63, 3.8) is 0 Å². The van der Waals surface area contributed by atoms with Crippen LogP contribution >= 0.6 is 0 Å². The average Bonchev–Trinajstić information content (AvgIpc) is 2.35. The third-order valence-electron chi connectivity index (χ3n) is 2.07. The summed E-state index contributed by atoms with van der Waals surface area (Å²) < 4.78 is 4.52. The Morgan fingerprint density at radius 2 is 2.24 bits per heavy atom. The van der Waals surface area contributed by atoms with Crippen molar-refractivity contribution in [3.8, 4) is 0 Å². The molecule has 0 aliphatic carbocycles.